The van der Waals surface area contributed by atoms with Gasteiger partial charge < -0.3 is 9.84 Å². The van der Waals surface area contributed by atoms with Crippen LogP contribution < -0.4 is 5.32 Å². The molecule has 0 aliphatic carbocycles. The molecule has 3 aromatic rings. The number of likely N-dealkylation sites (tertiary alicyclic amines) is 1. The molecule has 2 heterocycles. The molecule has 0 saturated carbocycles. The smallest absolute Gasteiger partial charge is 0.241 e. The Morgan fingerprint density at radius 2 is 2.03 bits per heavy atom. The van der Waals surface area contributed by atoms with Crippen molar-refractivity contribution in [3.8, 4) is 11.4 Å². The number of rotatable bonds is 5. The minimum atomic E-state index is -0.308. The highest BCUT2D eigenvalue weighted by molar-refractivity contribution is 9.10. The van der Waals surface area contributed by atoms with Gasteiger partial charge in [-0.2, -0.15) is 4.98 Å². The minimum Gasteiger partial charge on any atom is -0.338 e. The first-order valence-corrected chi connectivity index (χ1v) is 10.2. The minimum absolute atomic E-state index is 0.0131. The van der Waals surface area contributed by atoms with Gasteiger partial charge in [-0.3, -0.25) is 9.69 Å². The summed E-state index contributed by atoms with van der Waals surface area (Å²) in [5.74, 6) is 0.517. The molecule has 1 atom stereocenters. The van der Waals surface area contributed by atoms with E-state index < -0.39 is 0 Å². The highest BCUT2D eigenvalue weighted by Crippen LogP contribution is 2.25. The maximum absolute atomic E-state index is 13.1. The number of carbonyl (C=O) groups excluding carboxylic acids is 1. The quantitative estimate of drug-likeness (QED) is 0.609. The number of para-hydroxylation sites is 1. The summed E-state index contributed by atoms with van der Waals surface area (Å²) in [5, 5.41) is 6.98. The van der Waals surface area contributed by atoms with Crippen LogP contribution in [0.3, 0.4) is 0 Å². The van der Waals surface area contributed by atoms with Gasteiger partial charge in [0.1, 0.15) is 5.82 Å². The van der Waals surface area contributed by atoms with Crippen LogP contribution in [0.1, 0.15) is 18.7 Å². The molecule has 29 heavy (non-hydrogen) atoms. The fourth-order valence-electron chi connectivity index (χ4n) is 3.44. The second kappa shape index (κ2) is 8.84. The Morgan fingerprint density at radius 3 is 2.83 bits per heavy atom. The molecule has 1 aromatic heterocycles. The maximum atomic E-state index is 13.1. The van der Waals surface area contributed by atoms with Crippen LogP contribution in [0, 0.1) is 11.7 Å². The molecule has 1 unspecified atom stereocenters. The predicted molar refractivity (Wildman–Crippen MR) is 110 cm³/mol. The molecule has 0 radical (unpaired) electrons. The van der Waals surface area contributed by atoms with E-state index in [9.17, 15) is 9.18 Å². The van der Waals surface area contributed by atoms with Crippen molar-refractivity contribution in [1.29, 1.82) is 0 Å². The molecule has 1 aliphatic rings. The molecule has 1 N–H and O–H groups in total. The first-order valence-electron chi connectivity index (χ1n) is 9.45. The predicted octanol–water partition coefficient (Wildman–Crippen LogP) is 4.49. The summed E-state index contributed by atoms with van der Waals surface area (Å²) < 4.78 is 19.3. The Kier molecular flexibility index (Phi) is 6.01. The summed E-state index contributed by atoms with van der Waals surface area (Å²) in [7, 11) is 0. The van der Waals surface area contributed by atoms with E-state index in [0.717, 1.165) is 29.5 Å². The normalized spacial score (nSPS) is 17.2. The van der Waals surface area contributed by atoms with E-state index in [2.05, 4.69) is 36.3 Å². The van der Waals surface area contributed by atoms with E-state index in [4.69, 9.17) is 4.52 Å². The molecular weight excluding hydrogens is 439 g/mol. The van der Waals surface area contributed by atoms with Crippen LogP contribution >= 0.6 is 15.9 Å². The number of nitrogens with one attached hydrogen (secondary N) is 1. The zero-order valence-corrected chi connectivity index (χ0v) is 17.2. The molecule has 0 bridgehead atoms. The third-order valence-corrected chi connectivity index (χ3v) is 5.63. The molecular formula is C21H20BrFN4O2. The molecule has 4 rings (SSSR count). The summed E-state index contributed by atoms with van der Waals surface area (Å²) in [4.78, 5) is 19.2. The van der Waals surface area contributed by atoms with Crippen LogP contribution in [0.25, 0.3) is 11.4 Å². The van der Waals surface area contributed by atoms with E-state index in [0.29, 0.717) is 30.4 Å². The summed E-state index contributed by atoms with van der Waals surface area (Å²) in [6.07, 6.45) is 1.77. The first-order chi connectivity index (χ1) is 14.1. The van der Waals surface area contributed by atoms with E-state index in [1.807, 2.05) is 24.3 Å². The van der Waals surface area contributed by atoms with Crippen molar-refractivity contribution < 1.29 is 13.7 Å². The molecule has 1 fully saturated rings. The van der Waals surface area contributed by atoms with E-state index in [-0.39, 0.29) is 17.6 Å². The lowest BCUT2D eigenvalue weighted by Crippen LogP contribution is -2.40. The van der Waals surface area contributed by atoms with Crippen LogP contribution in [0.4, 0.5) is 10.1 Å². The lowest BCUT2D eigenvalue weighted by atomic mass is 9.97. The fourth-order valence-corrected chi connectivity index (χ4v) is 3.82. The largest absolute Gasteiger partial charge is 0.338 e. The van der Waals surface area contributed by atoms with Gasteiger partial charge in [-0.15, -0.1) is 0 Å². The van der Waals surface area contributed by atoms with Crippen molar-refractivity contribution in [2.45, 2.75) is 19.4 Å². The van der Waals surface area contributed by atoms with Crippen molar-refractivity contribution in [2.75, 3.05) is 18.4 Å². The Hall–Kier alpha value is -2.58. The SMILES string of the molecule is O=C(Nc1ccccc1Br)C1CCCN(Cc2nc(-c3ccc(F)cc3)no2)C1. The number of hydrogen-bond acceptors (Lipinski definition) is 5. The molecule has 8 heteroatoms. The van der Waals surface area contributed by atoms with Gasteiger partial charge in [0.15, 0.2) is 0 Å². The van der Waals surface area contributed by atoms with Gasteiger partial charge in [0.2, 0.25) is 17.6 Å². The van der Waals surface area contributed by atoms with E-state index >= 15 is 0 Å². The Labute approximate surface area is 176 Å². The number of nitrogens with zero attached hydrogens (tertiary/aromatic N) is 3. The number of piperidine rings is 1. The van der Waals surface area contributed by atoms with Crippen LogP contribution in [-0.2, 0) is 11.3 Å². The zero-order chi connectivity index (χ0) is 20.2. The Balaban J connectivity index is 1.37. The highest BCUT2D eigenvalue weighted by atomic mass is 79.9. The van der Waals surface area contributed by atoms with Gasteiger partial charge in [-0.25, -0.2) is 4.39 Å². The molecule has 150 valence electrons. The van der Waals surface area contributed by atoms with Gasteiger partial charge in [-0.05, 0) is 71.7 Å². The number of benzene rings is 2. The second-order valence-corrected chi connectivity index (χ2v) is 7.92. The average Bonchev–Trinajstić information content (AvgIpc) is 3.19. The molecule has 6 nitrogen and oxygen atoms in total. The zero-order valence-electron chi connectivity index (χ0n) is 15.6. The van der Waals surface area contributed by atoms with Crippen LogP contribution in [0.2, 0.25) is 0 Å². The number of anilines is 1. The summed E-state index contributed by atoms with van der Waals surface area (Å²) in [5.41, 5.74) is 1.47. The van der Waals surface area contributed by atoms with Gasteiger partial charge in [0, 0.05) is 16.6 Å². The maximum Gasteiger partial charge on any atom is 0.241 e. The molecule has 1 amide bonds. The third-order valence-electron chi connectivity index (χ3n) is 4.94. The van der Waals surface area contributed by atoms with E-state index in [1.165, 1.54) is 12.1 Å². The van der Waals surface area contributed by atoms with Crippen molar-refractivity contribution >= 4 is 27.5 Å². The van der Waals surface area contributed by atoms with Crippen LogP contribution in [-0.4, -0.2) is 34.0 Å². The fraction of sp³-hybridized carbons (Fsp3) is 0.286. The van der Waals surface area contributed by atoms with Gasteiger partial charge in [0.05, 0.1) is 18.2 Å². The number of carbonyl (C=O) groups is 1. The lowest BCUT2D eigenvalue weighted by Gasteiger charge is -2.30. The number of halogens is 2. The van der Waals surface area contributed by atoms with Gasteiger partial charge in [0.25, 0.3) is 0 Å². The van der Waals surface area contributed by atoms with Crippen molar-refractivity contribution in [1.82, 2.24) is 15.0 Å². The van der Waals surface area contributed by atoms with Crippen molar-refractivity contribution in [2.24, 2.45) is 5.92 Å². The molecule has 1 aliphatic heterocycles. The van der Waals surface area contributed by atoms with Crippen molar-refractivity contribution in [3.63, 3.8) is 0 Å². The van der Waals surface area contributed by atoms with Crippen molar-refractivity contribution in [3.05, 3.63) is 64.7 Å². The Bertz CT molecular complexity index is 992. The second-order valence-electron chi connectivity index (χ2n) is 7.06. The van der Waals surface area contributed by atoms with Gasteiger partial charge in [-0.1, -0.05) is 17.3 Å². The summed E-state index contributed by atoms with van der Waals surface area (Å²) >= 11 is 3.46. The Morgan fingerprint density at radius 1 is 1.24 bits per heavy atom. The summed E-state index contributed by atoms with van der Waals surface area (Å²) in [6.45, 7) is 1.98. The molecule has 0 spiro atoms. The highest BCUT2D eigenvalue weighted by Gasteiger charge is 2.27. The standard InChI is InChI=1S/C21H20BrFN4O2/c22-17-5-1-2-6-18(17)24-21(28)15-4-3-11-27(12-15)13-19-25-20(26-29-19)14-7-9-16(23)10-8-14/h1-2,5-10,15H,3-4,11-13H2,(H,24,28). The van der Waals surface area contributed by atoms with E-state index in [1.54, 1.807) is 12.1 Å². The molecule has 1 saturated heterocycles. The average molecular weight is 459 g/mol. The first kappa shape index (κ1) is 19.7. The van der Waals surface area contributed by atoms with Crippen LogP contribution in [0.15, 0.2) is 57.5 Å². The lowest BCUT2D eigenvalue weighted by molar-refractivity contribution is -0.121. The number of hydrogen-bond donors (Lipinski definition) is 1. The molecule has 2 aromatic carbocycles. The number of aromatic nitrogens is 2. The van der Waals surface area contributed by atoms with Crippen LogP contribution in [0.5, 0.6) is 0 Å². The van der Waals surface area contributed by atoms with Gasteiger partial charge >= 0.3 is 0 Å². The monoisotopic (exact) mass is 458 g/mol. The summed E-state index contributed by atoms with van der Waals surface area (Å²) in [6, 6.07) is 13.5. The third kappa shape index (κ3) is 4.89. The number of amides is 1. The topological polar surface area (TPSA) is 71.3 Å².